The summed E-state index contributed by atoms with van der Waals surface area (Å²) < 4.78 is 32.8. The van der Waals surface area contributed by atoms with Gasteiger partial charge in [-0.3, -0.25) is 4.90 Å². The highest BCUT2D eigenvalue weighted by Gasteiger charge is 2.44. The van der Waals surface area contributed by atoms with Crippen molar-refractivity contribution >= 4 is 10.0 Å². The molecule has 2 aliphatic rings. The van der Waals surface area contributed by atoms with Crippen LogP contribution in [0.2, 0.25) is 0 Å². The van der Waals surface area contributed by atoms with Crippen molar-refractivity contribution in [2.75, 3.05) is 26.2 Å². The van der Waals surface area contributed by atoms with Gasteiger partial charge in [0.1, 0.15) is 11.5 Å². The molecule has 6 heteroatoms. The first-order valence-corrected chi connectivity index (χ1v) is 9.79. The summed E-state index contributed by atoms with van der Waals surface area (Å²) in [5.74, 6) is 2.75. The predicted molar refractivity (Wildman–Crippen MR) is 90.9 cm³/mol. The summed E-state index contributed by atoms with van der Waals surface area (Å²) in [5, 5.41) is 0. The fraction of sp³-hybridized carbons (Fsp3) is 0.444. The van der Waals surface area contributed by atoms with Crippen LogP contribution in [0.5, 0.6) is 0 Å². The highest BCUT2D eigenvalue weighted by Crippen LogP contribution is 2.34. The van der Waals surface area contributed by atoms with Crippen LogP contribution in [0.4, 0.5) is 0 Å². The number of aryl methyl sites for hydroxylation is 1. The van der Waals surface area contributed by atoms with E-state index in [9.17, 15) is 8.42 Å². The minimum Gasteiger partial charge on any atom is -0.465 e. The van der Waals surface area contributed by atoms with Gasteiger partial charge >= 0.3 is 0 Å². The molecule has 2 atom stereocenters. The number of likely N-dealkylation sites (tertiary alicyclic amines) is 1. The van der Waals surface area contributed by atoms with E-state index in [2.05, 4.69) is 4.90 Å². The van der Waals surface area contributed by atoms with Crippen LogP contribution >= 0.6 is 0 Å². The Hall–Kier alpha value is -1.63. The molecule has 0 saturated carbocycles. The average molecular weight is 346 g/mol. The summed E-state index contributed by atoms with van der Waals surface area (Å²) in [4.78, 5) is 2.77. The van der Waals surface area contributed by atoms with Crippen molar-refractivity contribution in [1.82, 2.24) is 9.21 Å². The molecule has 4 rings (SSSR count). The van der Waals surface area contributed by atoms with Gasteiger partial charge in [-0.05, 0) is 43.0 Å². The van der Waals surface area contributed by atoms with E-state index in [0.717, 1.165) is 31.2 Å². The van der Waals surface area contributed by atoms with Crippen molar-refractivity contribution in [2.24, 2.45) is 11.8 Å². The minimum absolute atomic E-state index is 0.396. The SMILES string of the molecule is Cc1ccc(CN2C[C@@H]3CN(S(=O)(=O)c4ccccc4)C[C@@H]3C2)o1. The summed E-state index contributed by atoms with van der Waals surface area (Å²) in [6.07, 6.45) is 0. The summed E-state index contributed by atoms with van der Waals surface area (Å²) >= 11 is 0. The van der Waals surface area contributed by atoms with Gasteiger partial charge in [-0.2, -0.15) is 4.31 Å². The topological polar surface area (TPSA) is 53.8 Å². The van der Waals surface area contributed by atoms with E-state index in [4.69, 9.17) is 4.42 Å². The van der Waals surface area contributed by atoms with Gasteiger partial charge in [0.05, 0.1) is 11.4 Å². The van der Waals surface area contributed by atoms with Crippen LogP contribution in [-0.4, -0.2) is 43.8 Å². The largest absolute Gasteiger partial charge is 0.465 e. The van der Waals surface area contributed by atoms with Crippen molar-refractivity contribution < 1.29 is 12.8 Å². The average Bonchev–Trinajstić information content (AvgIpc) is 3.23. The van der Waals surface area contributed by atoms with E-state index < -0.39 is 10.0 Å². The van der Waals surface area contributed by atoms with Gasteiger partial charge in [-0.25, -0.2) is 8.42 Å². The van der Waals surface area contributed by atoms with Crippen molar-refractivity contribution in [2.45, 2.75) is 18.4 Å². The first-order valence-electron chi connectivity index (χ1n) is 8.35. The lowest BCUT2D eigenvalue weighted by Crippen LogP contribution is -2.33. The second-order valence-electron chi connectivity index (χ2n) is 6.86. The van der Waals surface area contributed by atoms with Crippen LogP contribution in [0.15, 0.2) is 51.8 Å². The fourth-order valence-electron chi connectivity index (χ4n) is 3.90. The van der Waals surface area contributed by atoms with Crippen molar-refractivity contribution in [1.29, 1.82) is 0 Å². The van der Waals surface area contributed by atoms with Crippen LogP contribution < -0.4 is 0 Å². The Morgan fingerprint density at radius 3 is 2.25 bits per heavy atom. The molecular weight excluding hydrogens is 324 g/mol. The van der Waals surface area contributed by atoms with Crippen LogP contribution in [0.25, 0.3) is 0 Å². The van der Waals surface area contributed by atoms with Crippen molar-refractivity contribution in [3.05, 3.63) is 54.0 Å². The van der Waals surface area contributed by atoms with E-state index in [1.807, 2.05) is 25.1 Å². The first-order chi connectivity index (χ1) is 11.5. The monoisotopic (exact) mass is 346 g/mol. The highest BCUT2D eigenvalue weighted by molar-refractivity contribution is 7.89. The maximum atomic E-state index is 12.7. The smallest absolute Gasteiger partial charge is 0.243 e. The molecule has 2 fully saturated rings. The number of furan rings is 1. The zero-order valence-electron chi connectivity index (χ0n) is 13.8. The second-order valence-corrected chi connectivity index (χ2v) is 8.80. The van der Waals surface area contributed by atoms with E-state index in [0.29, 0.717) is 29.8 Å². The van der Waals surface area contributed by atoms with Gasteiger partial charge in [-0.15, -0.1) is 0 Å². The molecule has 128 valence electrons. The van der Waals surface area contributed by atoms with E-state index in [1.54, 1.807) is 28.6 Å². The molecule has 24 heavy (non-hydrogen) atoms. The summed E-state index contributed by atoms with van der Waals surface area (Å²) in [6, 6.07) is 12.7. The maximum Gasteiger partial charge on any atom is 0.243 e. The van der Waals surface area contributed by atoms with Crippen molar-refractivity contribution in [3.8, 4) is 0 Å². The Kier molecular flexibility index (Phi) is 3.98. The van der Waals surface area contributed by atoms with Gasteiger partial charge in [0.25, 0.3) is 0 Å². The van der Waals surface area contributed by atoms with Gasteiger partial charge in [-0.1, -0.05) is 18.2 Å². The zero-order valence-corrected chi connectivity index (χ0v) is 14.6. The molecule has 0 N–H and O–H groups in total. The lowest BCUT2D eigenvalue weighted by Gasteiger charge is -2.20. The van der Waals surface area contributed by atoms with E-state index >= 15 is 0 Å². The third-order valence-electron chi connectivity index (χ3n) is 5.08. The zero-order chi connectivity index (χ0) is 16.7. The summed E-state index contributed by atoms with van der Waals surface area (Å²) in [5.41, 5.74) is 0. The molecule has 2 saturated heterocycles. The molecule has 1 aromatic carbocycles. The standard InChI is InChI=1S/C18H22N2O3S/c1-14-7-8-17(23-14)13-19-9-15-11-20(12-16(15)10-19)24(21,22)18-5-3-2-4-6-18/h2-8,15-16H,9-13H2,1H3/t15-,16+. The van der Waals surface area contributed by atoms with Crippen LogP contribution in [0.1, 0.15) is 11.5 Å². The Morgan fingerprint density at radius 1 is 1.00 bits per heavy atom. The minimum atomic E-state index is -3.36. The van der Waals surface area contributed by atoms with E-state index in [-0.39, 0.29) is 0 Å². The predicted octanol–water partition coefficient (Wildman–Crippen LogP) is 2.34. The lowest BCUT2D eigenvalue weighted by atomic mass is 10.0. The van der Waals surface area contributed by atoms with Gasteiger partial charge in [0.15, 0.2) is 0 Å². The highest BCUT2D eigenvalue weighted by atomic mass is 32.2. The third-order valence-corrected chi connectivity index (χ3v) is 6.93. The summed E-state index contributed by atoms with van der Waals surface area (Å²) in [7, 11) is -3.36. The molecule has 0 aliphatic carbocycles. The number of nitrogens with zero attached hydrogens (tertiary/aromatic N) is 2. The lowest BCUT2D eigenvalue weighted by molar-refractivity contribution is 0.264. The molecule has 3 heterocycles. The third kappa shape index (κ3) is 2.90. The second kappa shape index (κ2) is 6.02. The number of sulfonamides is 1. The van der Waals surface area contributed by atoms with Crippen LogP contribution in [-0.2, 0) is 16.6 Å². The van der Waals surface area contributed by atoms with Crippen LogP contribution in [0.3, 0.4) is 0 Å². The molecule has 0 spiro atoms. The Morgan fingerprint density at radius 2 is 1.67 bits per heavy atom. The number of hydrogen-bond acceptors (Lipinski definition) is 4. The van der Waals surface area contributed by atoms with Crippen molar-refractivity contribution in [3.63, 3.8) is 0 Å². The number of fused-ring (bicyclic) bond motifs is 1. The number of hydrogen-bond donors (Lipinski definition) is 0. The number of benzene rings is 1. The molecule has 2 aromatic rings. The van der Waals surface area contributed by atoms with E-state index in [1.165, 1.54) is 0 Å². The van der Waals surface area contributed by atoms with Crippen LogP contribution in [0, 0.1) is 18.8 Å². The van der Waals surface area contributed by atoms with Gasteiger partial charge in [0.2, 0.25) is 10.0 Å². The fourth-order valence-corrected chi connectivity index (χ4v) is 5.48. The summed E-state index contributed by atoms with van der Waals surface area (Å²) in [6.45, 7) is 5.88. The Labute approximate surface area is 142 Å². The number of rotatable bonds is 4. The molecule has 0 bridgehead atoms. The molecular formula is C18H22N2O3S. The van der Waals surface area contributed by atoms with Gasteiger partial charge < -0.3 is 4.42 Å². The maximum absolute atomic E-state index is 12.7. The molecule has 0 amide bonds. The molecule has 2 aliphatic heterocycles. The first kappa shape index (κ1) is 15.9. The Bertz CT molecular complexity index is 802. The Balaban J connectivity index is 1.41. The normalized spacial score (nSPS) is 25.2. The quantitative estimate of drug-likeness (QED) is 0.853. The molecule has 0 radical (unpaired) electrons. The molecule has 5 nitrogen and oxygen atoms in total. The molecule has 1 aromatic heterocycles. The van der Waals surface area contributed by atoms with Gasteiger partial charge in [0, 0.05) is 26.2 Å². The molecule has 0 unspecified atom stereocenters.